The maximum atomic E-state index is 13.2. The molecule has 0 aliphatic heterocycles. The van der Waals surface area contributed by atoms with Gasteiger partial charge in [0.2, 0.25) is 0 Å². The zero-order chi connectivity index (χ0) is 12.0. The second kappa shape index (κ2) is 6.26. The van der Waals surface area contributed by atoms with Gasteiger partial charge >= 0.3 is 6.01 Å². The van der Waals surface area contributed by atoms with Crippen molar-refractivity contribution in [1.82, 2.24) is 14.9 Å². The molecule has 0 atom stereocenters. The molecule has 0 aromatic carbocycles. The van der Waals surface area contributed by atoms with E-state index < -0.39 is 5.82 Å². The van der Waals surface area contributed by atoms with Gasteiger partial charge in [-0.3, -0.25) is 0 Å². The molecular formula is C9H13FN4OS. The number of hydrogen-bond acceptors (Lipinski definition) is 5. The molecule has 0 amide bonds. The third-order valence-electron chi connectivity index (χ3n) is 1.42. The molecule has 0 unspecified atom stereocenters. The molecule has 88 valence electrons. The predicted molar refractivity (Wildman–Crippen MR) is 62.8 cm³/mol. The van der Waals surface area contributed by atoms with Crippen LogP contribution in [-0.4, -0.2) is 47.5 Å². The minimum atomic E-state index is -0.574. The molecule has 1 aromatic rings. The Labute approximate surface area is 97.8 Å². The molecular weight excluding hydrogens is 231 g/mol. The van der Waals surface area contributed by atoms with Crippen LogP contribution in [0, 0.1) is 5.82 Å². The van der Waals surface area contributed by atoms with Crippen LogP contribution in [0.4, 0.5) is 10.2 Å². The molecule has 16 heavy (non-hydrogen) atoms. The molecule has 0 fully saturated rings. The Hall–Kier alpha value is -1.37. The van der Waals surface area contributed by atoms with Crippen molar-refractivity contribution in [2.45, 2.75) is 0 Å². The van der Waals surface area contributed by atoms with Gasteiger partial charge in [-0.05, 0) is 6.26 Å². The van der Waals surface area contributed by atoms with Crippen LogP contribution >= 0.6 is 11.8 Å². The van der Waals surface area contributed by atoms with Crippen molar-refractivity contribution in [2.75, 3.05) is 26.3 Å². The van der Waals surface area contributed by atoms with Gasteiger partial charge in [-0.2, -0.15) is 4.98 Å². The first-order valence-corrected chi connectivity index (χ1v) is 5.87. The smallest absolute Gasteiger partial charge is 0.319 e. The molecule has 1 aromatic heterocycles. The molecule has 0 bridgehead atoms. The summed E-state index contributed by atoms with van der Waals surface area (Å²) in [5.41, 5.74) is 0. The van der Waals surface area contributed by atoms with E-state index in [0.717, 1.165) is 6.20 Å². The molecule has 0 saturated carbocycles. The van der Waals surface area contributed by atoms with E-state index in [0.29, 0.717) is 5.94 Å². The van der Waals surface area contributed by atoms with Crippen molar-refractivity contribution in [2.24, 2.45) is 4.99 Å². The zero-order valence-electron chi connectivity index (χ0n) is 9.35. The van der Waals surface area contributed by atoms with E-state index in [-0.39, 0.29) is 11.8 Å². The SMILES string of the molecule is CSCOc1ncc(F)c(N=CN(C)C)n1. The number of aliphatic imine (C=N–C) groups is 1. The lowest BCUT2D eigenvalue weighted by Gasteiger charge is -2.04. The van der Waals surface area contributed by atoms with Crippen molar-refractivity contribution < 1.29 is 9.13 Å². The number of thioether (sulfide) groups is 1. The summed E-state index contributed by atoms with van der Waals surface area (Å²) in [5.74, 6) is -0.183. The number of nitrogens with zero attached hydrogens (tertiary/aromatic N) is 4. The van der Waals surface area contributed by atoms with Crippen LogP contribution in [-0.2, 0) is 0 Å². The number of halogens is 1. The van der Waals surface area contributed by atoms with Gasteiger partial charge in [0.25, 0.3) is 0 Å². The lowest BCUT2D eigenvalue weighted by molar-refractivity contribution is 0.358. The summed E-state index contributed by atoms with van der Waals surface area (Å²) < 4.78 is 18.4. The topological polar surface area (TPSA) is 50.6 Å². The predicted octanol–water partition coefficient (Wildman–Crippen LogP) is 1.54. The molecule has 0 radical (unpaired) electrons. The van der Waals surface area contributed by atoms with Crippen LogP contribution < -0.4 is 4.74 Å². The maximum absolute atomic E-state index is 13.2. The number of hydrogen-bond donors (Lipinski definition) is 0. The lowest BCUT2D eigenvalue weighted by atomic mass is 10.5. The van der Waals surface area contributed by atoms with Crippen molar-refractivity contribution >= 4 is 23.9 Å². The van der Waals surface area contributed by atoms with Crippen LogP contribution in [0.3, 0.4) is 0 Å². The third kappa shape index (κ3) is 4.01. The standard InChI is InChI=1S/C9H13FN4OS/c1-14(2)5-12-8-7(10)4-11-9(13-8)15-6-16-3/h4-5H,6H2,1-3H3. The highest BCUT2D eigenvalue weighted by Gasteiger charge is 2.06. The summed E-state index contributed by atoms with van der Waals surface area (Å²) in [5, 5.41) is 0. The molecule has 0 aliphatic rings. The fourth-order valence-electron chi connectivity index (χ4n) is 0.784. The lowest BCUT2D eigenvalue weighted by Crippen LogP contribution is -2.07. The Morgan fingerprint density at radius 2 is 2.38 bits per heavy atom. The molecule has 0 aliphatic carbocycles. The first kappa shape index (κ1) is 12.7. The molecule has 0 N–H and O–H groups in total. The first-order chi connectivity index (χ1) is 7.63. The van der Waals surface area contributed by atoms with E-state index in [2.05, 4.69) is 15.0 Å². The number of aromatic nitrogens is 2. The highest BCUT2D eigenvalue weighted by molar-refractivity contribution is 7.98. The largest absolute Gasteiger partial charge is 0.452 e. The van der Waals surface area contributed by atoms with E-state index >= 15 is 0 Å². The second-order valence-electron chi connectivity index (χ2n) is 3.08. The fraction of sp³-hybridized carbons (Fsp3) is 0.444. The average Bonchev–Trinajstić information content (AvgIpc) is 2.26. The molecule has 1 heterocycles. The van der Waals surface area contributed by atoms with Gasteiger partial charge in [0, 0.05) is 14.1 Å². The minimum absolute atomic E-state index is 0.0280. The summed E-state index contributed by atoms with van der Waals surface area (Å²) in [4.78, 5) is 13.1. The number of ether oxygens (including phenoxy) is 1. The molecule has 1 rings (SSSR count). The second-order valence-corrected chi connectivity index (χ2v) is 3.90. The Balaban J connectivity index is 2.81. The quantitative estimate of drug-likeness (QED) is 0.446. The summed E-state index contributed by atoms with van der Waals surface area (Å²) >= 11 is 1.48. The van der Waals surface area contributed by atoms with Crippen molar-refractivity contribution in [3.05, 3.63) is 12.0 Å². The Kier molecular flexibility index (Phi) is 4.97. The van der Waals surface area contributed by atoms with Gasteiger partial charge < -0.3 is 9.64 Å². The minimum Gasteiger partial charge on any atom is -0.452 e. The van der Waals surface area contributed by atoms with E-state index in [4.69, 9.17) is 4.74 Å². The van der Waals surface area contributed by atoms with E-state index in [1.54, 1.807) is 19.0 Å². The molecule has 0 spiro atoms. The van der Waals surface area contributed by atoms with Crippen LogP contribution in [0.15, 0.2) is 11.2 Å². The Morgan fingerprint density at radius 3 is 3.00 bits per heavy atom. The van der Waals surface area contributed by atoms with Gasteiger partial charge in [-0.25, -0.2) is 14.4 Å². The molecule has 7 heteroatoms. The van der Waals surface area contributed by atoms with Crippen molar-refractivity contribution in [3.63, 3.8) is 0 Å². The van der Waals surface area contributed by atoms with Crippen molar-refractivity contribution in [1.29, 1.82) is 0 Å². The van der Waals surface area contributed by atoms with E-state index in [9.17, 15) is 4.39 Å². The van der Waals surface area contributed by atoms with Gasteiger partial charge in [0.15, 0.2) is 11.6 Å². The summed E-state index contributed by atoms with van der Waals surface area (Å²) in [6.45, 7) is 0. The van der Waals surface area contributed by atoms with Crippen LogP contribution in [0.5, 0.6) is 6.01 Å². The summed E-state index contributed by atoms with van der Waals surface area (Å²) in [6.07, 6.45) is 4.39. The number of rotatable bonds is 5. The maximum Gasteiger partial charge on any atom is 0.319 e. The summed E-state index contributed by atoms with van der Waals surface area (Å²) in [6, 6.07) is 0.127. The van der Waals surface area contributed by atoms with Crippen LogP contribution in [0.25, 0.3) is 0 Å². The van der Waals surface area contributed by atoms with Gasteiger partial charge in [0.1, 0.15) is 5.94 Å². The Morgan fingerprint density at radius 1 is 1.62 bits per heavy atom. The van der Waals surface area contributed by atoms with Gasteiger partial charge in [0.05, 0.1) is 12.5 Å². The summed E-state index contributed by atoms with van der Waals surface area (Å²) in [7, 11) is 3.57. The fourth-order valence-corrected chi connectivity index (χ4v) is 1.01. The molecule has 0 saturated heterocycles. The van der Waals surface area contributed by atoms with E-state index in [1.165, 1.54) is 18.1 Å². The van der Waals surface area contributed by atoms with Crippen LogP contribution in [0.2, 0.25) is 0 Å². The van der Waals surface area contributed by atoms with Gasteiger partial charge in [-0.1, -0.05) is 0 Å². The van der Waals surface area contributed by atoms with Crippen LogP contribution in [0.1, 0.15) is 0 Å². The average molecular weight is 244 g/mol. The molecule has 5 nitrogen and oxygen atoms in total. The first-order valence-electron chi connectivity index (χ1n) is 4.48. The highest BCUT2D eigenvalue weighted by atomic mass is 32.2. The van der Waals surface area contributed by atoms with Crippen molar-refractivity contribution in [3.8, 4) is 6.01 Å². The zero-order valence-corrected chi connectivity index (χ0v) is 10.2. The highest BCUT2D eigenvalue weighted by Crippen LogP contribution is 2.16. The monoisotopic (exact) mass is 244 g/mol. The third-order valence-corrected chi connectivity index (χ3v) is 1.77. The normalized spacial score (nSPS) is 10.8. The Bertz CT molecular complexity index is 373. The van der Waals surface area contributed by atoms with Gasteiger partial charge in [-0.15, -0.1) is 11.8 Å². The van der Waals surface area contributed by atoms with E-state index in [1.807, 2.05) is 6.26 Å².